The van der Waals surface area contributed by atoms with E-state index in [0.29, 0.717) is 13.1 Å². The van der Waals surface area contributed by atoms with Crippen molar-refractivity contribution in [2.24, 2.45) is 0 Å². The molecule has 1 unspecified atom stereocenters. The molecule has 0 bridgehead atoms. The van der Waals surface area contributed by atoms with E-state index in [-0.39, 0.29) is 17.5 Å². The molecular formula is C11H10ClF3N4. The Kier molecular flexibility index (Phi) is 3.83. The largest absolute Gasteiger partial charge is 0.416 e. The van der Waals surface area contributed by atoms with Gasteiger partial charge in [-0.3, -0.25) is 5.32 Å². The minimum atomic E-state index is -4.47. The Hall–Kier alpha value is -1.52. The first-order valence-electron chi connectivity index (χ1n) is 5.53. The van der Waals surface area contributed by atoms with Crippen LogP contribution in [0.5, 0.6) is 0 Å². The van der Waals surface area contributed by atoms with Gasteiger partial charge in [-0.05, 0) is 12.1 Å². The first-order valence-corrected chi connectivity index (χ1v) is 5.90. The second-order valence-corrected chi connectivity index (χ2v) is 4.50. The molecule has 1 fully saturated rings. The molecule has 0 aromatic carbocycles. The van der Waals surface area contributed by atoms with Gasteiger partial charge in [0.05, 0.1) is 11.6 Å². The Morgan fingerprint density at radius 2 is 2.21 bits per heavy atom. The predicted molar refractivity (Wildman–Crippen MR) is 63.9 cm³/mol. The highest BCUT2D eigenvalue weighted by Gasteiger charge is 2.32. The van der Waals surface area contributed by atoms with Crippen LogP contribution in [0.25, 0.3) is 0 Å². The molecule has 0 saturated carbocycles. The summed E-state index contributed by atoms with van der Waals surface area (Å²) in [6, 6.07) is 3.34. The maximum Gasteiger partial charge on any atom is 0.416 e. The lowest BCUT2D eigenvalue weighted by molar-refractivity contribution is -0.137. The zero-order valence-electron chi connectivity index (χ0n) is 9.71. The highest BCUT2D eigenvalue weighted by atomic mass is 35.5. The number of hydrogen-bond acceptors (Lipinski definition) is 4. The lowest BCUT2D eigenvalue weighted by Gasteiger charge is -2.31. The Morgan fingerprint density at radius 3 is 2.84 bits per heavy atom. The number of piperazine rings is 1. The van der Waals surface area contributed by atoms with Crippen molar-refractivity contribution in [2.45, 2.75) is 12.2 Å². The van der Waals surface area contributed by atoms with Crippen LogP contribution in [0, 0.1) is 11.3 Å². The molecule has 1 N–H and O–H groups in total. The summed E-state index contributed by atoms with van der Waals surface area (Å²) >= 11 is 5.63. The summed E-state index contributed by atoms with van der Waals surface area (Å²) < 4.78 is 38.1. The van der Waals surface area contributed by atoms with Crippen LogP contribution in [-0.2, 0) is 6.18 Å². The molecule has 2 heterocycles. The standard InChI is InChI=1S/C11H10ClF3N4/c12-9-3-7(11(13,14)15)4-10(18-9)19-2-1-17-8(5-16)6-19/h3-4,8,17H,1-2,6H2. The van der Waals surface area contributed by atoms with Gasteiger partial charge in [-0.25, -0.2) is 4.98 Å². The summed E-state index contributed by atoms with van der Waals surface area (Å²) in [6.07, 6.45) is -4.47. The molecule has 1 aromatic rings. The molecule has 1 aromatic heterocycles. The van der Waals surface area contributed by atoms with Gasteiger partial charge >= 0.3 is 6.18 Å². The first-order chi connectivity index (χ1) is 8.90. The van der Waals surface area contributed by atoms with Crippen molar-refractivity contribution in [1.82, 2.24) is 10.3 Å². The predicted octanol–water partition coefficient (Wildman–Crippen LogP) is 2.06. The van der Waals surface area contributed by atoms with E-state index in [9.17, 15) is 13.2 Å². The highest BCUT2D eigenvalue weighted by molar-refractivity contribution is 6.29. The number of nitrogens with one attached hydrogen (secondary N) is 1. The second-order valence-electron chi connectivity index (χ2n) is 4.12. The summed E-state index contributed by atoms with van der Waals surface area (Å²) in [4.78, 5) is 5.51. The topological polar surface area (TPSA) is 52.0 Å². The van der Waals surface area contributed by atoms with Crippen molar-refractivity contribution in [3.63, 3.8) is 0 Å². The van der Waals surface area contributed by atoms with Gasteiger partial charge in [-0.15, -0.1) is 0 Å². The van der Waals surface area contributed by atoms with Crippen LogP contribution in [0.1, 0.15) is 5.56 Å². The Bertz CT molecular complexity index is 512. The fraction of sp³-hybridized carbons (Fsp3) is 0.455. The summed E-state index contributed by atoms with van der Waals surface area (Å²) in [6.45, 7) is 1.26. The van der Waals surface area contributed by atoms with E-state index in [4.69, 9.17) is 16.9 Å². The third-order valence-corrected chi connectivity index (χ3v) is 2.96. The molecule has 4 nitrogen and oxygen atoms in total. The van der Waals surface area contributed by atoms with Crippen LogP contribution in [0.3, 0.4) is 0 Å². The zero-order valence-corrected chi connectivity index (χ0v) is 10.5. The molecule has 0 amide bonds. The molecular weight excluding hydrogens is 281 g/mol. The summed E-state index contributed by atoms with van der Waals surface area (Å²) in [5.41, 5.74) is -0.838. The summed E-state index contributed by atoms with van der Waals surface area (Å²) in [5.74, 6) is 0.140. The third kappa shape index (κ3) is 3.28. The fourth-order valence-electron chi connectivity index (χ4n) is 1.85. The number of halogens is 4. The van der Waals surface area contributed by atoms with Crippen LogP contribution in [0.4, 0.5) is 19.0 Å². The Morgan fingerprint density at radius 1 is 1.47 bits per heavy atom. The van der Waals surface area contributed by atoms with E-state index in [2.05, 4.69) is 10.3 Å². The van der Waals surface area contributed by atoms with E-state index in [1.165, 1.54) is 0 Å². The molecule has 19 heavy (non-hydrogen) atoms. The van der Waals surface area contributed by atoms with Crippen LogP contribution >= 0.6 is 11.6 Å². The van der Waals surface area contributed by atoms with Gasteiger partial charge in [0.1, 0.15) is 17.0 Å². The second kappa shape index (κ2) is 5.23. The number of anilines is 1. The van der Waals surface area contributed by atoms with Crippen molar-refractivity contribution in [3.05, 3.63) is 22.8 Å². The normalized spacial score (nSPS) is 20.2. The minimum absolute atomic E-state index is 0.140. The Labute approximate surface area is 112 Å². The molecule has 0 aliphatic carbocycles. The number of rotatable bonds is 1. The maximum atomic E-state index is 12.7. The fourth-order valence-corrected chi connectivity index (χ4v) is 2.06. The van der Waals surface area contributed by atoms with Crippen LogP contribution in [-0.4, -0.2) is 30.7 Å². The smallest absolute Gasteiger partial charge is 0.353 e. The van der Waals surface area contributed by atoms with Crippen molar-refractivity contribution in [2.75, 3.05) is 24.5 Å². The lowest BCUT2D eigenvalue weighted by Crippen LogP contribution is -2.50. The van der Waals surface area contributed by atoms with Gasteiger partial charge in [-0.2, -0.15) is 18.4 Å². The van der Waals surface area contributed by atoms with Crippen LogP contribution in [0.15, 0.2) is 12.1 Å². The van der Waals surface area contributed by atoms with Crippen molar-refractivity contribution < 1.29 is 13.2 Å². The minimum Gasteiger partial charge on any atom is -0.353 e. The summed E-state index contributed by atoms with van der Waals surface area (Å²) in [5, 5.41) is 11.6. The molecule has 1 aliphatic rings. The Balaban J connectivity index is 2.30. The van der Waals surface area contributed by atoms with Gasteiger partial charge in [0.15, 0.2) is 0 Å². The molecule has 1 saturated heterocycles. The summed E-state index contributed by atoms with van der Waals surface area (Å²) in [7, 11) is 0. The lowest BCUT2D eigenvalue weighted by atomic mass is 10.2. The molecule has 1 aliphatic heterocycles. The first kappa shape index (κ1) is 13.9. The van der Waals surface area contributed by atoms with Gasteiger partial charge in [0, 0.05) is 19.6 Å². The number of hydrogen-bond donors (Lipinski definition) is 1. The van der Waals surface area contributed by atoms with Gasteiger partial charge in [0.2, 0.25) is 0 Å². The number of pyridine rings is 1. The zero-order chi connectivity index (χ0) is 14.0. The molecule has 2 rings (SSSR count). The van der Waals surface area contributed by atoms with Crippen LogP contribution in [0.2, 0.25) is 5.15 Å². The van der Waals surface area contributed by atoms with Crippen LogP contribution < -0.4 is 10.2 Å². The molecule has 0 radical (unpaired) electrons. The number of alkyl halides is 3. The third-order valence-electron chi connectivity index (χ3n) is 2.76. The number of nitrogens with zero attached hydrogens (tertiary/aromatic N) is 3. The average Bonchev–Trinajstić information content (AvgIpc) is 2.37. The van der Waals surface area contributed by atoms with E-state index in [1.807, 2.05) is 6.07 Å². The van der Waals surface area contributed by atoms with E-state index in [1.54, 1.807) is 4.90 Å². The molecule has 8 heteroatoms. The van der Waals surface area contributed by atoms with Gasteiger partial charge < -0.3 is 4.90 Å². The van der Waals surface area contributed by atoms with Crippen molar-refractivity contribution in [1.29, 1.82) is 5.26 Å². The van der Waals surface area contributed by atoms with Crippen molar-refractivity contribution in [3.8, 4) is 6.07 Å². The number of aromatic nitrogens is 1. The van der Waals surface area contributed by atoms with Gasteiger partial charge in [-0.1, -0.05) is 11.6 Å². The quantitative estimate of drug-likeness (QED) is 0.804. The SMILES string of the molecule is N#CC1CN(c2cc(C(F)(F)F)cc(Cl)n2)CCN1. The average molecular weight is 291 g/mol. The monoisotopic (exact) mass is 290 g/mol. The highest BCUT2D eigenvalue weighted by Crippen LogP contribution is 2.32. The molecule has 1 atom stereocenters. The molecule has 0 spiro atoms. The number of nitriles is 1. The maximum absolute atomic E-state index is 12.7. The molecule has 102 valence electrons. The van der Waals surface area contributed by atoms with E-state index < -0.39 is 17.8 Å². The van der Waals surface area contributed by atoms with Gasteiger partial charge in [0.25, 0.3) is 0 Å². The van der Waals surface area contributed by atoms with Crippen molar-refractivity contribution >= 4 is 17.4 Å². The van der Waals surface area contributed by atoms with E-state index in [0.717, 1.165) is 12.1 Å². The van der Waals surface area contributed by atoms with E-state index >= 15 is 0 Å².